The zero-order chi connectivity index (χ0) is 12.4. The molecule has 0 amide bonds. The van der Waals surface area contributed by atoms with Crippen LogP contribution in [0.4, 0.5) is 0 Å². The van der Waals surface area contributed by atoms with Gasteiger partial charge in [0.25, 0.3) is 5.88 Å². The van der Waals surface area contributed by atoms with Crippen LogP contribution in [0.25, 0.3) is 0 Å². The van der Waals surface area contributed by atoms with Gasteiger partial charge in [-0.25, -0.2) is 4.79 Å². The Hall–Kier alpha value is -2.09. The second kappa shape index (κ2) is 4.42. The maximum absolute atomic E-state index is 10.8. The lowest BCUT2D eigenvalue weighted by Crippen LogP contribution is -2.41. The molecule has 0 spiro atoms. The van der Waals surface area contributed by atoms with Crippen LogP contribution < -0.4 is 10.1 Å². The molecule has 1 aromatic heterocycles. The average Bonchev–Trinajstić information content (AvgIpc) is 2.68. The molecular weight excluding hydrogens is 232 g/mol. The number of nitrogens with zero attached hydrogens (tertiary/aromatic N) is 1. The molecule has 8 nitrogen and oxygen atoms in total. The van der Waals surface area contributed by atoms with Crippen molar-refractivity contribution in [1.82, 2.24) is 10.5 Å². The Bertz CT molecular complexity index is 454. The van der Waals surface area contributed by atoms with Gasteiger partial charge in [-0.3, -0.25) is 10.1 Å². The molecule has 0 bridgehead atoms. The molecule has 1 aliphatic rings. The van der Waals surface area contributed by atoms with Crippen molar-refractivity contribution >= 4 is 11.9 Å². The first-order valence-corrected chi connectivity index (χ1v) is 4.86. The van der Waals surface area contributed by atoms with Gasteiger partial charge in [0, 0.05) is 6.42 Å². The summed E-state index contributed by atoms with van der Waals surface area (Å²) in [6, 6.07) is -0.742. The summed E-state index contributed by atoms with van der Waals surface area (Å²) in [5.74, 6) is -1.59. The van der Waals surface area contributed by atoms with E-state index in [1.807, 2.05) is 0 Å². The lowest BCUT2D eigenvalue weighted by Gasteiger charge is -2.18. The lowest BCUT2D eigenvalue weighted by atomic mass is 10.0. The van der Waals surface area contributed by atoms with Crippen molar-refractivity contribution in [2.24, 2.45) is 0 Å². The minimum Gasteiger partial charge on any atom is -0.480 e. The Morgan fingerprint density at radius 1 is 1.53 bits per heavy atom. The maximum Gasteiger partial charge on any atom is 0.341 e. The van der Waals surface area contributed by atoms with E-state index in [2.05, 4.69) is 10.5 Å². The van der Waals surface area contributed by atoms with Crippen molar-refractivity contribution in [3.8, 4) is 5.88 Å². The van der Waals surface area contributed by atoms with Gasteiger partial charge in [0.05, 0.1) is 12.1 Å². The van der Waals surface area contributed by atoms with Gasteiger partial charge >= 0.3 is 11.9 Å². The Morgan fingerprint density at radius 3 is 2.94 bits per heavy atom. The van der Waals surface area contributed by atoms with E-state index in [0.717, 1.165) is 0 Å². The van der Waals surface area contributed by atoms with Gasteiger partial charge in [-0.15, -0.1) is 0 Å². The SMILES string of the molecule is O=C(O)COc1noc2c1C[C@@H](C(=O)O)NC2. The minimum absolute atomic E-state index is 0.0511. The molecular formula is C9H10N2O6. The van der Waals surface area contributed by atoms with Crippen molar-refractivity contribution < 1.29 is 29.1 Å². The van der Waals surface area contributed by atoms with Gasteiger partial charge in [-0.1, -0.05) is 0 Å². The van der Waals surface area contributed by atoms with Crippen LogP contribution in [0.15, 0.2) is 4.52 Å². The predicted molar refractivity (Wildman–Crippen MR) is 51.6 cm³/mol. The Kier molecular flexibility index (Phi) is 2.96. The summed E-state index contributed by atoms with van der Waals surface area (Å²) < 4.78 is 9.83. The average molecular weight is 242 g/mol. The number of ether oxygens (including phenoxy) is 1. The minimum atomic E-state index is -1.13. The molecule has 0 saturated heterocycles. The predicted octanol–water partition coefficient (Wildman–Crippen LogP) is -0.763. The van der Waals surface area contributed by atoms with Crippen LogP contribution >= 0.6 is 0 Å². The highest BCUT2D eigenvalue weighted by Gasteiger charge is 2.30. The fraction of sp³-hybridized carbons (Fsp3) is 0.444. The summed E-state index contributed by atoms with van der Waals surface area (Å²) >= 11 is 0. The smallest absolute Gasteiger partial charge is 0.341 e. The first-order valence-electron chi connectivity index (χ1n) is 4.86. The second-order valence-corrected chi connectivity index (χ2v) is 3.55. The van der Waals surface area contributed by atoms with Crippen LogP contribution in [0, 0.1) is 0 Å². The number of hydrogen-bond donors (Lipinski definition) is 3. The van der Waals surface area contributed by atoms with E-state index in [1.54, 1.807) is 0 Å². The number of nitrogens with one attached hydrogen (secondary N) is 1. The van der Waals surface area contributed by atoms with E-state index < -0.39 is 24.6 Å². The molecule has 1 aliphatic heterocycles. The third-order valence-corrected chi connectivity index (χ3v) is 2.38. The fourth-order valence-corrected chi connectivity index (χ4v) is 1.58. The molecule has 0 saturated carbocycles. The maximum atomic E-state index is 10.8. The molecule has 0 aromatic carbocycles. The first-order chi connectivity index (χ1) is 8.08. The summed E-state index contributed by atoms with van der Waals surface area (Å²) in [7, 11) is 0. The third kappa shape index (κ3) is 2.36. The number of rotatable bonds is 4. The summed E-state index contributed by atoms with van der Waals surface area (Å²) in [6.07, 6.45) is 0.156. The molecule has 0 unspecified atom stereocenters. The molecule has 1 aromatic rings. The summed E-state index contributed by atoms with van der Waals surface area (Å²) in [5.41, 5.74) is 0.511. The van der Waals surface area contributed by atoms with E-state index in [1.165, 1.54) is 0 Å². The third-order valence-electron chi connectivity index (χ3n) is 2.38. The van der Waals surface area contributed by atoms with E-state index >= 15 is 0 Å². The zero-order valence-corrected chi connectivity index (χ0v) is 8.67. The van der Waals surface area contributed by atoms with E-state index in [9.17, 15) is 9.59 Å². The van der Waals surface area contributed by atoms with Crippen molar-refractivity contribution in [2.75, 3.05) is 6.61 Å². The molecule has 0 fully saturated rings. The van der Waals surface area contributed by atoms with Crippen LogP contribution in [0.2, 0.25) is 0 Å². The molecule has 2 rings (SSSR count). The van der Waals surface area contributed by atoms with Gasteiger partial charge in [-0.2, -0.15) is 0 Å². The highest BCUT2D eigenvalue weighted by Crippen LogP contribution is 2.26. The van der Waals surface area contributed by atoms with Crippen molar-refractivity contribution in [3.05, 3.63) is 11.3 Å². The number of fused-ring (bicyclic) bond motifs is 1. The highest BCUT2D eigenvalue weighted by atomic mass is 16.5. The molecule has 1 atom stereocenters. The second-order valence-electron chi connectivity index (χ2n) is 3.55. The number of carboxylic acid groups (broad SMARTS) is 2. The van der Waals surface area contributed by atoms with Crippen molar-refractivity contribution in [1.29, 1.82) is 0 Å². The van der Waals surface area contributed by atoms with E-state index in [-0.39, 0.29) is 18.8 Å². The standard InChI is InChI=1S/C9H10N2O6/c12-7(13)3-16-8-4-1-5(9(14)15)10-2-6(4)17-11-8/h5,10H,1-3H2,(H,12,13)(H,14,15)/t5-/m0/s1. The van der Waals surface area contributed by atoms with Crippen LogP contribution in [-0.2, 0) is 22.6 Å². The van der Waals surface area contributed by atoms with Crippen LogP contribution in [0.1, 0.15) is 11.3 Å². The molecule has 0 radical (unpaired) electrons. The molecule has 17 heavy (non-hydrogen) atoms. The van der Waals surface area contributed by atoms with Crippen molar-refractivity contribution in [2.45, 2.75) is 19.0 Å². The molecule has 2 heterocycles. The Labute approximate surface area is 95.2 Å². The number of hydrogen-bond acceptors (Lipinski definition) is 6. The molecule has 8 heteroatoms. The van der Waals surface area contributed by atoms with Crippen molar-refractivity contribution in [3.63, 3.8) is 0 Å². The topological polar surface area (TPSA) is 122 Å². The summed E-state index contributed by atoms with van der Waals surface area (Å²) in [5, 5.41) is 23.6. The number of carbonyl (C=O) groups is 2. The summed E-state index contributed by atoms with van der Waals surface area (Å²) in [4.78, 5) is 21.2. The van der Waals surface area contributed by atoms with Gasteiger partial charge in [0.15, 0.2) is 12.4 Å². The normalized spacial score (nSPS) is 18.5. The quantitative estimate of drug-likeness (QED) is 0.629. The van der Waals surface area contributed by atoms with Gasteiger partial charge in [0.1, 0.15) is 6.04 Å². The molecule has 3 N–H and O–H groups in total. The van der Waals surface area contributed by atoms with Crippen LogP contribution in [-0.4, -0.2) is 40.0 Å². The van der Waals surface area contributed by atoms with E-state index in [0.29, 0.717) is 11.3 Å². The molecule has 92 valence electrons. The lowest BCUT2D eigenvalue weighted by molar-refractivity contribution is -0.140. The largest absolute Gasteiger partial charge is 0.480 e. The number of aliphatic carboxylic acids is 2. The number of aromatic nitrogens is 1. The summed E-state index contributed by atoms with van der Waals surface area (Å²) in [6.45, 7) is -0.306. The highest BCUT2D eigenvalue weighted by molar-refractivity contribution is 5.74. The van der Waals surface area contributed by atoms with Crippen LogP contribution in [0.5, 0.6) is 5.88 Å². The Morgan fingerprint density at radius 2 is 2.29 bits per heavy atom. The van der Waals surface area contributed by atoms with Gasteiger partial charge in [-0.05, 0) is 5.16 Å². The first kappa shape index (κ1) is 11.4. The fourth-order valence-electron chi connectivity index (χ4n) is 1.58. The van der Waals surface area contributed by atoms with Gasteiger partial charge < -0.3 is 19.5 Å². The van der Waals surface area contributed by atoms with E-state index in [4.69, 9.17) is 19.5 Å². The number of carboxylic acids is 2. The monoisotopic (exact) mass is 242 g/mol. The van der Waals surface area contributed by atoms with Crippen LogP contribution in [0.3, 0.4) is 0 Å². The Balaban J connectivity index is 2.13. The zero-order valence-electron chi connectivity index (χ0n) is 8.67. The molecule has 0 aliphatic carbocycles. The van der Waals surface area contributed by atoms with Gasteiger partial charge in [0.2, 0.25) is 0 Å².